The fourth-order valence-electron chi connectivity index (χ4n) is 1.15. The Kier molecular flexibility index (Phi) is 6.20. The first-order valence-electron chi connectivity index (χ1n) is 5.50. The van der Waals surface area contributed by atoms with Gasteiger partial charge in [-0.1, -0.05) is 6.92 Å². The molecule has 1 atom stereocenters. The van der Waals surface area contributed by atoms with Crippen LogP contribution in [0.15, 0.2) is 10.8 Å². The normalized spacial score (nSPS) is 12.6. The maximum atomic E-state index is 12.1. The van der Waals surface area contributed by atoms with Crippen LogP contribution in [0.1, 0.15) is 13.3 Å². The molecule has 18 heavy (non-hydrogen) atoms. The van der Waals surface area contributed by atoms with Crippen molar-refractivity contribution < 1.29 is 13.9 Å². The van der Waals surface area contributed by atoms with Crippen LogP contribution in [-0.4, -0.2) is 40.7 Å². The van der Waals surface area contributed by atoms with Crippen molar-refractivity contribution in [2.75, 3.05) is 23.7 Å². The standard InChI is InChI=1S/C10H15BrF2N4O/c1-2-3-14-9-7(11)10(17-5-16-9)15-4-6(18)8(12)13/h5-6,8,18H,2-4H2,1H3,(H2,14,15,16,17). The molecule has 1 unspecified atom stereocenters. The van der Waals surface area contributed by atoms with Crippen molar-refractivity contribution in [3.05, 3.63) is 10.8 Å². The highest BCUT2D eigenvalue weighted by atomic mass is 79.9. The largest absolute Gasteiger partial charge is 0.385 e. The minimum absolute atomic E-state index is 0.277. The molecule has 0 fully saturated rings. The average molecular weight is 325 g/mol. The molecule has 0 aliphatic rings. The van der Waals surface area contributed by atoms with Gasteiger partial charge in [-0.25, -0.2) is 18.7 Å². The van der Waals surface area contributed by atoms with Gasteiger partial charge >= 0.3 is 0 Å². The molecule has 0 radical (unpaired) electrons. The smallest absolute Gasteiger partial charge is 0.265 e. The monoisotopic (exact) mass is 324 g/mol. The number of hydrogen-bond donors (Lipinski definition) is 3. The van der Waals surface area contributed by atoms with Gasteiger partial charge in [-0.2, -0.15) is 0 Å². The minimum Gasteiger partial charge on any atom is -0.385 e. The Labute approximate surface area is 112 Å². The zero-order chi connectivity index (χ0) is 13.5. The third-order valence-electron chi connectivity index (χ3n) is 2.10. The van der Waals surface area contributed by atoms with Crippen LogP contribution in [-0.2, 0) is 0 Å². The quantitative estimate of drug-likeness (QED) is 0.716. The zero-order valence-electron chi connectivity index (χ0n) is 9.83. The van der Waals surface area contributed by atoms with Gasteiger partial charge in [0, 0.05) is 13.1 Å². The fraction of sp³-hybridized carbons (Fsp3) is 0.600. The van der Waals surface area contributed by atoms with Crippen molar-refractivity contribution in [3.63, 3.8) is 0 Å². The first-order chi connectivity index (χ1) is 8.56. The molecule has 0 saturated carbocycles. The van der Waals surface area contributed by atoms with Gasteiger partial charge in [-0.15, -0.1) is 0 Å². The zero-order valence-corrected chi connectivity index (χ0v) is 11.4. The number of alkyl halides is 2. The third kappa shape index (κ3) is 4.34. The van der Waals surface area contributed by atoms with Crippen LogP contribution in [0.25, 0.3) is 0 Å². The SMILES string of the molecule is CCCNc1ncnc(NCC(O)C(F)F)c1Br. The van der Waals surface area contributed by atoms with Crippen molar-refractivity contribution in [1.82, 2.24) is 9.97 Å². The number of aliphatic hydroxyl groups is 1. The van der Waals surface area contributed by atoms with Crippen LogP contribution >= 0.6 is 15.9 Å². The molecule has 5 nitrogen and oxygen atoms in total. The molecular weight excluding hydrogens is 310 g/mol. The Morgan fingerprint density at radius 1 is 1.33 bits per heavy atom. The molecule has 0 aliphatic heterocycles. The minimum atomic E-state index is -2.78. The van der Waals surface area contributed by atoms with Crippen LogP contribution in [0.3, 0.4) is 0 Å². The number of nitrogens with one attached hydrogen (secondary N) is 2. The van der Waals surface area contributed by atoms with Gasteiger partial charge < -0.3 is 15.7 Å². The molecule has 3 N–H and O–H groups in total. The van der Waals surface area contributed by atoms with Gasteiger partial charge in [-0.05, 0) is 22.4 Å². The first-order valence-corrected chi connectivity index (χ1v) is 6.30. The Morgan fingerprint density at radius 3 is 2.50 bits per heavy atom. The Balaban J connectivity index is 2.65. The molecule has 1 aromatic heterocycles. The number of aromatic nitrogens is 2. The summed E-state index contributed by atoms with van der Waals surface area (Å²) in [7, 11) is 0. The number of hydrogen-bond acceptors (Lipinski definition) is 5. The summed E-state index contributed by atoms with van der Waals surface area (Å²) in [6.07, 6.45) is -2.25. The average Bonchev–Trinajstić information content (AvgIpc) is 2.35. The van der Waals surface area contributed by atoms with Crippen LogP contribution in [0.5, 0.6) is 0 Å². The highest BCUT2D eigenvalue weighted by Crippen LogP contribution is 2.26. The summed E-state index contributed by atoms with van der Waals surface area (Å²) in [5.74, 6) is 0.948. The second-order valence-electron chi connectivity index (χ2n) is 3.59. The molecule has 1 heterocycles. The number of aliphatic hydroxyl groups excluding tert-OH is 1. The van der Waals surface area contributed by atoms with Crippen molar-refractivity contribution >= 4 is 27.6 Å². The summed E-state index contributed by atoms with van der Waals surface area (Å²) in [5.41, 5.74) is 0. The lowest BCUT2D eigenvalue weighted by molar-refractivity contribution is 0.00380. The lowest BCUT2D eigenvalue weighted by Crippen LogP contribution is -2.27. The van der Waals surface area contributed by atoms with E-state index in [9.17, 15) is 8.78 Å². The van der Waals surface area contributed by atoms with E-state index in [2.05, 4.69) is 36.5 Å². The second-order valence-corrected chi connectivity index (χ2v) is 4.39. The fourth-order valence-corrected chi connectivity index (χ4v) is 1.64. The number of nitrogens with zero attached hydrogens (tertiary/aromatic N) is 2. The van der Waals surface area contributed by atoms with E-state index in [0.29, 0.717) is 16.1 Å². The number of rotatable bonds is 7. The molecule has 102 valence electrons. The second kappa shape index (κ2) is 7.42. The third-order valence-corrected chi connectivity index (χ3v) is 2.85. The van der Waals surface area contributed by atoms with E-state index in [4.69, 9.17) is 5.11 Å². The molecule has 0 aromatic carbocycles. The van der Waals surface area contributed by atoms with E-state index in [1.165, 1.54) is 6.33 Å². The van der Waals surface area contributed by atoms with E-state index in [0.717, 1.165) is 13.0 Å². The molecule has 0 saturated heterocycles. The Hall–Kier alpha value is -1.02. The topological polar surface area (TPSA) is 70.1 Å². The van der Waals surface area contributed by atoms with E-state index in [1.807, 2.05) is 6.92 Å². The predicted octanol–water partition coefficient (Wildman–Crippen LogP) is 2.10. The molecule has 8 heteroatoms. The maximum Gasteiger partial charge on any atom is 0.265 e. The van der Waals surface area contributed by atoms with Crippen LogP contribution < -0.4 is 10.6 Å². The molecule has 0 amide bonds. The van der Waals surface area contributed by atoms with Crippen molar-refractivity contribution in [1.29, 1.82) is 0 Å². The first kappa shape index (κ1) is 15.0. The van der Waals surface area contributed by atoms with E-state index >= 15 is 0 Å². The molecule has 0 aliphatic carbocycles. The highest BCUT2D eigenvalue weighted by Gasteiger charge is 2.17. The predicted molar refractivity (Wildman–Crippen MR) is 69.0 cm³/mol. The van der Waals surface area contributed by atoms with Gasteiger partial charge in [0.25, 0.3) is 6.43 Å². The summed E-state index contributed by atoms with van der Waals surface area (Å²) < 4.78 is 24.8. The van der Waals surface area contributed by atoms with Gasteiger partial charge in [-0.3, -0.25) is 0 Å². The summed E-state index contributed by atoms with van der Waals surface area (Å²) in [6, 6.07) is 0. The van der Waals surface area contributed by atoms with Crippen molar-refractivity contribution in [2.45, 2.75) is 25.9 Å². The molecule has 1 rings (SSSR count). The summed E-state index contributed by atoms with van der Waals surface area (Å²) in [5, 5.41) is 14.7. The lowest BCUT2D eigenvalue weighted by atomic mass is 10.3. The van der Waals surface area contributed by atoms with E-state index < -0.39 is 12.5 Å². The Morgan fingerprint density at radius 2 is 1.94 bits per heavy atom. The summed E-state index contributed by atoms with van der Waals surface area (Å²) in [4.78, 5) is 7.93. The number of anilines is 2. The molecule has 1 aromatic rings. The van der Waals surface area contributed by atoms with E-state index in [1.54, 1.807) is 0 Å². The van der Waals surface area contributed by atoms with Crippen molar-refractivity contribution in [2.24, 2.45) is 0 Å². The van der Waals surface area contributed by atoms with Crippen LogP contribution in [0.4, 0.5) is 20.4 Å². The van der Waals surface area contributed by atoms with Gasteiger partial charge in [0.05, 0.1) is 0 Å². The summed E-state index contributed by atoms with van der Waals surface area (Å²) in [6.45, 7) is 2.48. The van der Waals surface area contributed by atoms with Gasteiger partial charge in [0.2, 0.25) is 0 Å². The van der Waals surface area contributed by atoms with E-state index in [-0.39, 0.29) is 6.54 Å². The molecule has 0 spiro atoms. The maximum absolute atomic E-state index is 12.1. The van der Waals surface area contributed by atoms with Crippen LogP contribution in [0.2, 0.25) is 0 Å². The van der Waals surface area contributed by atoms with Gasteiger partial charge in [0.15, 0.2) is 0 Å². The van der Waals surface area contributed by atoms with Gasteiger partial charge in [0.1, 0.15) is 28.5 Å². The van der Waals surface area contributed by atoms with Crippen LogP contribution in [0, 0.1) is 0 Å². The highest BCUT2D eigenvalue weighted by molar-refractivity contribution is 9.10. The van der Waals surface area contributed by atoms with Crippen molar-refractivity contribution in [3.8, 4) is 0 Å². The summed E-state index contributed by atoms with van der Waals surface area (Å²) >= 11 is 3.28. The molecule has 0 bridgehead atoms. The Bertz CT molecular complexity index is 381. The molecular formula is C10H15BrF2N4O. The lowest BCUT2D eigenvalue weighted by Gasteiger charge is -2.13. The number of halogens is 3.